The van der Waals surface area contributed by atoms with Crippen LogP contribution in [0.15, 0.2) is 12.4 Å². The van der Waals surface area contributed by atoms with E-state index in [2.05, 4.69) is 43.0 Å². The van der Waals surface area contributed by atoms with Gasteiger partial charge in [0.1, 0.15) is 6.17 Å². The first-order chi connectivity index (χ1) is 16.3. The van der Waals surface area contributed by atoms with Crippen LogP contribution >= 0.6 is 0 Å². The molecule has 0 spiro atoms. The number of hydrogen-bond acceptors (Lipinski definition) is 2. The van der Waals surface area contributed by atoms with Crippen LogP contribution in [0, 0.1) is 0 Å². The monoisotopic (exact) mass is 462 g/mol. The van der Waals surface area contributed by atoms with Gasteiger partial charge in [-0.1, -0.05) is 143 Å². The Balaban J connectivity index is 2.18. The Morgan fingerprint density at radius 1 is 0.394 bits per heavy atom. The molecule has 1 atom stereocenters. The van der Waals surface area contributed by atoms with Crippen LogP contribution in [-0.2, 0) is 0 Å². The maximum Gasteiger partial charge on any atom is 0.101 e. The van der Waals surface area contributed by atoms with E-state index >= 15 is 0 Å². The lowest BCUT2D eigenvalue weighted by Crippen LogP contribution is -2.39. The Morgan fingerprint density at radius 3 is 1.12 bits per heavy atom. The predicted molar refractivity (Wildman–Crippen MR) is 150 cm³/mol. The number of rotatable bonds is 25. The molecule has 0 aromatic carbocycles. The predicted octanol–water partition coefficient (Wildman–Crippen LogP) is 10.4. The van der Waals surface area contributed by atoms with Gasteiger partial charge in [-0.15, -0.1) is 0 Å². The molecule has 1 heterocycles. The van der Waals surface area contributed by atoms with Crippen LogP contribution in [0.2, 0.25) is 0 Å². The van der Waals surface area contributed by atoms with Crippen LogP contribution < -0.4 is 0 Å². The average Bonchev–Trinajstić information content (AvgIpc) is 3.21. The van der Waals surface area contributed by atoms with Gasteiger partial charge < -0.3 is 9.80 Å². The zero-order chi connectivity index (χ0) is 23.8. The largest absolute Gasteiger partial charge is 0.356 e. The van der Waals surface area contributed by atoms with Crippen molar-refractivity contribution in [1.29, 1.82) is 0 Å². The Labute approximate surface area is 210 Å². The van der Waals surface area contributed by atoms with Crippen molar-refractivity contribution < 1.29 is 0 Å². The molecule has 0 bridgehead atoms. The summed E-state index contributed by atoms with van der Waals surface area (Å²) in [4.78, 5) is 5.34. The molecule has 0 fully saturated rings. The normalized spacial score (nSPS) is 15.8. The van der Waals surface area contributed by atoms with Gasteiger partial charge in [0.2, 0.25) is 0 Å². The summed E-state index contributed by atoms with van der Waals surface area (Å²) in [5, 5.41) is 0. The minimum atomic E-state index is 0.643. The average molecular weight is 463 g/mol. The first kappa shape index (κ1) is 30.4. The summed E-state index contributed by atoms with van der Waals surface area (Å²) >= 11 is 0. The fraction of sp³-hybridized carbons (Fsp3) is 0.935. The summed E-state index contributed by atoms with van der Waals surface area (Å²) in [7, 11) is 0. The van der Waals surface area contributed by atoms with Crippen molar-refractivity contribution in [3.05, 3.63) is 12.4 Å². The first-order valence-corrected chi connectivity index (χ1v) is 15.5. The summed E-state index contributed by atoms with van der Waals surface area (Å²) in [6.07, 6.45) is 38.0. The third-order valence-electron chi connectivity index (χ3n) is 7.57. The maximum absolute atomic E-state index is 2.68. The van der Waals surface area contributed by atoms with Gasteiger partial charge in [0.05, 0.1) is 0 Å². The topological polar surface area (TPSA) is 6.48 Å². The van der Waals surface area contributed by atoms with Gasteiger partial charge >= 0.3 is 0 Å². The van der Waals surface area contributed by atoms with E-state index < -0.39 is 0 Å². The van der Waals surface area contributed by atoms with Crippen LogP contribution in [0.25, 0.3) is 0 Å². The molecule has 0 aliphatic carbocycles. The molecule has 0 aromatic rings. The third-order valence-corrected chi connectivity index (χ3v) is 7.57. The Bertz CT molecular complexity index is 419. The summed E-state index contributed by atoms with van der Waals surface area (Å²) in [6, 6.07) is 0. The van der Waals surface area contributed by atoms with E-state index in [1.165, 1.54) is 161 Å². The van der Waals surface area contributed by atoms with E-state index in [1.807, 2.05) is 0 Å². The quantitative estimate of drug-likeness (QED) is 0.124. The molecule has 0 amide bonds. The Hall–Kier alpha value is -0.660. The van der Waals surface area contributed by atoms with E-state index in [0.717, 1.165) is 0 Å². The lowest BCUT2D eigenvalue weighted by molar-refractivity contribution is 0.135. The summed E-state index contributed by atoms with van der Waals surface area (Å²) in [5.74, 6) is 0. The van der Waals surface area contributed by atoms with Crippen LogP contribution in [-0.4, -0.2) is 29.1 Å². The standard InChI is InChI=1S/C31H62N2/c1-4-7-10-12-14-16-17-18-19-21-23-26-31-32(27-24-9-6-3)29-30-33(31)28-25-22-20-15-13-11-8-5-2/h29-31H,4-28H2,1-3H3. The fourth-order valence-corrected chi connectivity index (χ4v) is 5.30. The van der Waals surface area contributed by atoms with Crippen molar-refractivity contribution in [2.24, 2.45) is 0 Å². The van der Waals surface area contributed by atoms with Crippen LogP contribution in [0.4, 0.5) is 0 Å². The zero-order valence-electron chi connectivity index (χ0n) is 23.3. The van der Waals surface area contributed by atoms with Gasteiger partial charge in [-0.05, 0) is 25.7 Å². The van der Waals surface area contributed by atoms with Crippen molar-refractivity contribution in [1.82, 2.24) is 9.80 Å². The highest BCUT2D eigenvalue weighted by Crippen LogP contribution is 2.23. The minimum Gasteiger partial charge on any atom is -0.356 e. The molecule has 1 rings (SSSR count). The van der Waals surface area contributed by atoms with Gasteiger partial charge in [-0.3, -0.25) is 0 Å². The summed E-state index contributed by atoms with van der Waals surface area (Å²) in [5.41, 5.74) is 0. The van der Waals surface area contributed by atoms with Crippen molar-refractivity contribution in [3.63, 3.8) is 0 Å². The van der Waals surface area contributed by atoms with E-state index in [0.29, 0.717) is 6.17 Å². The molecule has 0 aromatic heterocycles. The van der Waals surface area contributed by atoms with Gasteiger partial charge in [0, 0.05) is 25.5 Å². The molecule has 33 heavy (non-hydrogen) atoms. The minimum absolute atomic E-state index is 0.643. The van der Waals surface area contributed by atoms with Crippen molar-refractivity contribution >= 4 is 0 Å². The molecular formula is C31H62N2. The number of hydrogen-bond donors (Lipinski definition) is 0. The molecule has 1 aliphatic heterocycles. The fourth-order valence-electron chi connectivity index (χ4n) is 5.30. The molecular weight excluding hydrogens is 400 g/mol. The Morgan fingerprint density at radius 2 is 0.697 bits per heavy atom. The second-order valence-electron chi connectivity index (χ2n) is 10.8. The molecule has 196 valence electrons. The molecule has 0 N–H and O–H groups in total. The van der Waals surface area contributed by atoms with Crippen LogP contribution in [0.5, 0.6) is 0 Å². The van der Waals surface area contributed by atoms with Crippen molar-refractivity contribution in [2.75, 3.05) is 13.1 Å². The second kappa shape index (κ2) is 23.1. The second-order valence-corrected chi connectivity index (χ2v) is 10.8. The van der Waals surface area contributed by atoms with Crippen LogP contribution in [0.1, 0.15) is 168 Å². The zero-order valence-corrected chi connectivity index (χ0v) is 23.3. The molecule has 0 saturated heterocycles. The van der Waals surface area contributed by atoms with Gasteiger partial charge in [-0.2, -0.15) is 0 Å². The van der Waals surface area contributed by atoms with Crippen LogP contribution in [0.3, 0.4) is 0 Å². The van der Waals surface area contributed by atoms with Gasteiger partial charge in [0.25, 0.3) is 0 Å². The SMILES string of the molecule is CCCCCCCCCCCCCC1N(CCCCC)C=CN1CCCCCCCCCC. The number of nitrogens with zero attached hydrogens (tertiary/aromatic N) is 2. The maximum atomic E-state index is 2.68. The van der Waals surface area contributed by atoms with Crippen molar-refractivity contribution in [3.8, 4) is 0 Å². The lowest BCUT2D eigenvalue weighted by Gasteiger charge is -2.33. The highest BCUT2D eigenvalue weighted by atomic mass is 15.4. The highest BCUT2D eigenvalue weighted by molar-refractivity contribution is 4.96. The molecule has 2 nitrogen and oxygen atoms in total. The summed E-state index contributed by atoms with van der Waals surface area (Å²) in [6.45, 7) is 9.44. The lowest BCUT2D eigenvalue weighted by atomic mass is 10.0. The molecule has 2 heteroatoms. The van der Waals surface area contributed by atoms with E-state index in [-0.39, 0.29) is 0 Å². The van der Waals surface area contributed by atoms with E-state index in [4.69, 9.17) is 0 Å². The Kier molecular flexibility index (Phi) is 21.3. The third kappa shape index (κ3) is 16.6. The van der Waals surface area contributed by atoms with Crippen molar-refractivity contribution in [2.45, 2.75) is 175 Å². The smallest absolute Gasteiger partial charge is 0.101 e. The number of unbranched alkanes of at least 4 members (excludes halogenated alkanes) is 19. The highest BCUT2D eigenvalue weighted by Gasteiger charge is 2.24. The van der Waals surface area contributed by atoms with E-state index in [1.54, 1.807) is 0 Å². The first-order valence-electron chi connectivity index (χ1n) is 15.5. The van der Waals surface area contributed by atoms with Gasteiger partial charge in [0.15, 0.2) is 0 Å². The van der Waals surface area contributed by atoms with Gasteiger partial charge in [-0.25, -0.2) is 0 Å². The molecule has 1 unspecified atom stereocenters. The molecule has 0 saturated carbocycles. The molecule has 1 aliphatic rings. The van der Waals surface area contributed by atoms with E-state index in [9.17, 15) is 0 Å². The summed E-state index contributed by atoms with van der Waals surface area (Å²) < 4.78 is 0. The molecule has 0 radical (unpaired) electrons.